The fourth-order valence-electron chi connectivity index (χ4n) is 3.39. The van der Waals surface area contributed by atoms with Gasteiger partial charge in [-0.3, -0.25) is 4.79 Å². The number of anilines is 2. The van der Waals surface area contributed by atoms with Crippen LogP contribution in [0, 0.1) is 0 Å². The molecule has 3 aromatic rings. The molecule has 0 atom stereocenters. The molecule has 0 aliphatic heterocycles. The Kier molecular flexibility index (Phi) is 7.52. The van der Waals surface area contributed by atoms with E-state index in [4.69, 9.17) is 0 Å². The van der Waals surface area contributed by atoms with E-state index < -0.39 is 0 Å². The van der Waals surface area contributed by atoms with Crippen LogP contribution >= 0.6 is 11.8 Å². The summed E-state index contributed by atoms with van der Waals surface area (Å²) in [7, 11) is 0. The first-order valence-corrected chi connectivity index (χ1v) is 11.3. The van der Waals surface area contributed by atoms with Crippen molar-refractivity contribution in [1.29, 1.82) is 0 Å². The van der Waals surface area contributed by atoms with Gasteiger partial charge in [-0.15, -0.1) is 10.2 Å². The van der Waals surface area contributed by atoms with Gasteiger partial charge in [0.05, 0.1) is 5.75 Å². The molecule has 1 N–H and O–H groups in total. The average Bonchev–Trinajstić information content (AvgIpc) is 3.17. The molecule has 2 aromatic carbocycles. The highest BCUT2D eigenvalue weighted by Crippen LogP contribution is 2.24. The van der Waals surface area contributed by atoms with E-state index in [1.807, 2.05) is 59.2 Å². The summed E-state index contributed by atoms with van der Waals surface area (Å²) >= 11 is 1.40. The van der Waals surface area contributed by atoms with Crippen LogP contribution in [0.1, 0.15) is 27.7 Å². The van der Waals surface area contributed by atoms with Gasteiger partial charge in [-0.2, -0.15) is 0 Å². The van der Waals surface area contributed by atoms with Crippen molar-refractivity contribution in [2.24, 2.45) is 0 Å². The Morgan fingerprint density at radius 3 is 2.37 bits per heavy atom. The third-order valence-corrected chi connectivity index (χ3v) is 5.81. The first kappa shape index (κ1) is 21.9. The van der Waals surface area contributed by atoms with Crippen LogP contribution in [-0.2, 0) is 11.3 Å². The fraction of sp³-hybridized carbons (Fsp3) is 0.348. The molecular formula is C23H29N5OS. The number of nitrogens with zero attached hydrogens (tertiary/aromatic N) is 4. The van der Waals surface area contributed by atoms with E-state index in [1.165, 1.54) is 11.8 Å². The van der Waals surface area contributed by atoms with E-state index in [0.717, 1.165) is 41.0 Å². The molecule has 0 aliphatic rings. The molecule has 1 amide bonds. The van der Waals surface area contributed by atoms with Crippen molar-refractivity contribution in [3.63, 3.8) is 0 Å². The van der Waals surface area contributed by atoms with Gasteiger partial charge in [0, 0.05) is 36.1 Å². The lowest BCUT2D eigenvalue weighted by atomic mass is 10.2. The van der Waals surface area contributed by atoms with Crippen molar-refractivity contribution < 1.29 is 4.79 Å². The maximum absolute atomic E-state index is 12.4. The molecule has 7 heteroatoms. The number of carbonyl (C=O) groups excluding carboxylic acids is 1. The number of carbonyl (C=O) groups is 1. The lowest BCUT2D eigenvalue weighted by molar-refractivity contribution is -0.113. The summed E-state index contributed by atoms with van der Waals surface area (Å²) < 4.78 is 2.04. The molecule has 158 valence electrons. The van der Waals surface area contributed by atoms with Crippen LogP contribution in [0.15, 0.2) is 59.8 Å². The average molecular weight is 424 g/mol. The molecule has 0 bridgehead atoms. The second-order valence-corrected chi connectivity index (χ2v) is 8.12. The van der Waals surface area contributed by atoms with Crippen LogP contribution in [0.5, 0.6) is 0 Å². The molecule has 0 fully saturated rings. The second-order valence-electron chi connectivity index (χ2n) is 7.18. The number of thioether (sulfide) groups is 1. The molecule has 0 unspecified atom stereocenters. The van der Waals surface area contributed by atoms with Gasteiger partial charge in [0.15, 0.2) is 11.0 Å². The largest absolute Gasteiger partial charge is 0.369 e. The maximum atomic E-state index is 12.4. The molecule has 1 aromatic heterocycles. The second kappa shape index (κ2) is 10.3. The standard InChI is InChI=1S/C23H29N5OS/c1-5-27(17(3)4)20-14-12-19(13-15-20)24-21(29)16-30-23-26-25-22(28(23)6-2)18-10-8-7-9-11-18/h7-15,17H,5-6,16H2,1-4H3,(H,24,29). The van der Waals surface area contributed by atoms with E-state index in [1.54, 1.807) is 0 Å². The zero-order valence-corrected chi connectivity index (χ0v) is 18.8. The van der Waals surface area contributed by atoms with Crippen LogP contribution in [0.3, 0.4) is 0 Å². The van der Waals surface area contributed by atoms with E-state index in [2.05, 4.69) is 48.1 Å². The third-order valence-electron chi connectivity index (χ3n) is 4.84. The van der Waals surface area contributed by atoms with Gasteiger partial charge < -0.3 is 14.8 Å². The Labute approximate surface area is 182 Å². The summed E-state index contributed by atoms with van der Waals surface area (Å²) in [6, 6.07) is 18.4. The quantitative estimate of drug-likeness (QED) is 0.495. The Bertz CT molecular complexity index is 953. The summed E-state index contributed by atoms with van der Waals surface area (Å²) in [5.41, 5.74) is 2.97. The first-order chi connectivity index (χ1) is 14.5. The number of hydrogen-bond acceptors (Lipinski definition) is 5. The van der Waals surface area contributed by atoms with Gasteiger partial charge in [-0.05, 0) is 52.0 Å². The molecule has 0 aliphatic carbocycles. The Balaban J connectivity index is 1.61. The first-order valence-electron chi connectivity index (χ1n) is 10.3. The normalized spacial score (nSPS) is 11.0. The minimum Gasteiger partial charge on any atom is -0.369 e. The minimum atomic E-state index is -0.0594. The molecule has 0 saturated carbocycles. The van der Waals surface area contributed by atoms with E-state index in [0.29, 0.717) is 6.04 Å². The van der Waals surface area contributed by atoms with Crippen LogP contribution in [0.4, 0.5) is 11.4 Å². The highest BCUT2D eigenvalue weighted by molar-refractivity contribution is 7.99. The fourth-order valence-corrected chi connectivity index (χ4v) is 4.19. The Morgan fingerprint density at radius 2 is 1.77 bits per heavy atom. The highest BCUT2D eigenvalue weighted by atomic mass is 32.2. The Hall–Kier alpha value is -2.80. The number of aromatic nitrogens is 3. The van der Waals surface area contributed by atoms with Crippen LogP contribution in [0.25, 0.3) is 11.4 Å². The van der Waals surface area contributed by atoms with Crippen molar-refractivity contribution >= 4 is 29.0 Å². The molecule has 1 heterocycles. The summed E-state index contributed by atoms with van der Waals surface area (Å²) in [6.07, 6.45) is 0. The topological polar surface area (TPSA) is 63.1 Å². The maximum Gasteiger partial charge on any atom is 0.234 e. The third kappa shape index (κ3) is 5.21. The number of nitrogens with one attached hydrogen (secondary N) is 1. The monoisotopic (exact) mass is 423 g/mol. The number of hydrogen-bond donors (Lipinski definition) is 1. The smallest absolute Gasteiger partial charge is 0.234 e. The van der Waals surface area contributed by atoms with Crippen molar-refractivity contribution in [3.05, 3.63) is 54.6 Å². The molecule has 30 heavy (non-hydrogen) atoms. The predicted octanol–water partition coefficient (Wildman–Crippen LogP) is 4.93. The van der Waals surface area contributed by atoms with Gasteiger partial charge in [0.25, 0.3) is 0 Å². The van der Waals surface area contributed by atoms with Gasteiger partial charge in [0.2, 0.25) is 5.91 Å². The van der Waals surface area contributed by atoms with Crippen LogP contribution in [-0.4, -0.2) is 39.0 Å². The molecule has 0 spiro atoms. The zero-order chi connectivity index (χ0) is 21.5. The van der Waals surface area contributed by atoms with Crippen LogP contribution < -0.4 is 10.2 Å². The minimum absolute atomic E-state index is 0.0594. The summed E-state index contributed by atoms with van der Waals surface area (Å²) in [4.78, 5) is 14.8. The van der Waals surface area contributed by atoms with Gasteiger partial charge >= 0.3 is 0 Å². The summed E-state index contributed by atoms with van der Waals surface area (Å²) in [5.74, 6) is 1.04. The van der Waals surface area contributed by atoms with E-state index >= 15 is 0 Å². The lowest BCUT2D eigenvalue weighted by Gasteiger charge is -2.27. The van der Waals surface area contributed by atoms with Crippen molar-refractivity contribution in [3.8, 4) is 11.4 Å². The SMILES string of the molecule is CCN(c1ccc(NC(=O)CSc2nnc(-c3ccccc3)n2CC)cc1)C(C)C. The molecular weight excluding hydrogens is 394 g/mol. The summed E-state index contributed by atoms with van der Waals surface area (Å²) in [6.45, 7) is 10.2. The van der Waals surface area contributed by atoms with Gasteiger partial charge in [-0.1, -0.05) is 42.1 Å². The van der Waals surface area contributed by atoms with Crippen molar-refractivity contribution in [1.82, 2.24) is 14.8 Å². The number of rotatable bonds is 9. The predicted molar refractivity (Wildman–Crippen MR) is 125 cm³/mol. The van der Waals surface area contributed by atoms with Crippen molar-refractivity contribution in [2.45, 2.75) is 45.4 Å². The van der Waals surface area contributed by atoms with Gasteiger partial charge in [-0.25, -0.2) is 0 Å². The van der Waals surface area contributed by atoms with Crippen molar-refractivity contribution in [2.75, 3.05) is 22.5 Å². The van der Waals surface area contributed by atoms with Gasteiger partial charge in [0.1, 0.15) is 0 Å². The van der Waals surface area contributed by atoms with Crippen LogP contribution in [0.2, 0.25) is 0 Å². The molecule has 0 radical (unpaired) electrons. The van der Waals surface area contributed by atoms with E-state index in [9.17, 15) is 4.79 Å². The van der Waals surface area contributed by atoms with E-state index in [-0.39, 0.29) is 11.7 Å². The number of benzene rings is 2. The Morgan fingerprint density at radius 1 is 1.07 bits per heavy atom. The molecule has 6 nitrogen and oxygen atoms in total. The lowest BCUT2D eigenvalue weighted by Crippen LogP contribution is -2.30. The summed E-state index contributed by atoms with van der Waals surface area (Å²) in [5, 5.41) is 12.3. The number of amides is 1. The zero-order valence-electron chi connectivity index (χ0n) is 18.0. The molecule has 3 rings (SSSR count). The molecule has 0 saturated heterocycles. The highest BCUT2D eigenvalue weighted by Gasteiger charge is 2.15.